The van der Waals surface area contributed by atoms with Gasteiger partial charge >= 0.3 is 0 Å². The molecule has 0 N–H and O–H groups in total. The van der Waals surface area contributed by atoms with Gasteiger partial charge < -0.3 is 9.47 Å². The molecule has 6 heteroatoms. The van der Waals surface area contributed by atoms with Crippen molar-refractivity contribution in [2.75, 3.05) is 39.4 Å². The van der Waals surface area contributed by atoms with Gasteiger partial charge in [-0.05, 0) is 31.2 Å². The third-order valence-electron chi connectivity index (χ3n) is 5.53. The molecular formula is C21H29N3O3. The molecule has 27 heavy (non-hydrogen) atoms. The minimum absolute atomic E-state index is 0.0666. The van der Waals surface area contributed by atoms with E-state index in [0.29, 0.717) is 13.1 Å². The number of rotatable bonds is 7. The summed E-state index contributed by atoms with van der Waals surface area (Å²) in [5.74, 6) is 0.0666. The molecule has 0 bridgehead atoms. The molecule has 3 aliphatic heterocycles. The molecule has 3 heterocycles. The Hall–Kier alpha value is -1.76. The third-order valence-corrected chi connectivity index (χ3v) is 5.53. The predicted molar refractivity (Wildman–Crippen MR) is 104 cm³/mol. The van der Waals surface area contributed by atoms with Crippen molar-refractivity contribution in [1.29, 1.82) is 0 Å². The van der Waals surface area contributed by atoms with E-state index in [4.69, 9.17) is 9.47 Å². The summed E-state index contributed by atoms with van der Waals surface area (Å²) in [5.41, 5.74) is 2.09. The van der Waals surface area contributed by atoms with Crippen molar-refractivity contribution in [3.05, 3.63) is 35.9 Å². The first-order chi connectivity index (χ1) is 13.3. The van der Waals surface area contributed by atoms with E-state index >= 15 is 0 Å². The highest BCUT2D eigenvalue weighted by molar-refractivity contribution is 6.02. The van der Waals surface area contributed by atoms with Crippen LogP contribution in [0, 0.1) is 0 Å². The Bertz CT molecular complexity index is 634. The van der Waals surface area contributed by atoms with E-state index in [2.05, 4.69) is 10.0 Å². The molecule has 1 aromatic rings. The lowest BCUT2D eigenvalue weighted by Gasteiger charge is -2.28. The Morgan fingerprint density at radius 1 is 1.07 bits per heavy atom. The molecule has 2 saturated heterocycles. The summed E-state index contributed by atoms with van der Waals surface area (Å²) in [6.45, 7) is 4.32. The van der Waals surface area contributed by atoms with Gasteiger partial charge in [0.15, 0.2) is 0 Å². The number of hydrazone groups is 1. The summed E-state index contributed by atoms with van der Waals surface area (Å²) >= 11 is 0. The second-order valence-corrected chi connectivity index (χ2v) is 7.64. The van der Waals surface area contributed by atoms with E-state index in [1.807, 2.05) is 30.3 Å². The summed E-state index contributed by atoms with van der Waals surface area (Å²) in [6.07, 6.45) is 5.67. The normalized spacial score (nSPS) is 25.4. The minimum atomic E-state index is 0.0666. The summed E-state index contributed by atoms with van der Waals surface area (Å²) < 4.78 is 11.6. The maximum atomic E-state index is 12.9. The van der Waals surface area contributed by atoms with E-state index in [9.17, 15) is 4.79 Å². The maximum absolute atomic E-state index is 12.9. The molecule has 6 nitrogen and oxygen atoms in total. The number of carbonyl (C=O) groups excluding carboxylic acids is 1. The molecule has 1 amide bonds. The van der Waals surface area contributed by atoms with Crippen molar-refractivity contribution < 1.29 is 14.3 Å². The standard InChI is InChI=1S/C21H29N3O3/c25-21(24-11-10-20(22-24)17-6-2-1-3-7-17)16-23(14-18-8-4-12-26-18)15-19-9-5-13-27-19/h1-3,6-7,18-19H,4-5,8-16H2/t18-,19+. The van der Waals surface area contributed by atoms with Gasteiger partial charge in [0.1, 0.15) is 0 Å². The van der Waals surface area contributed by atoms with Gasteiger partial charge in [0.05, 0.1) is 31.0 Å². The lowest BCUT2D eigenvalue weighted by Crippen LogP contribution is -2.44. The molecule has 0 saturated carbocycles. The third kappa shape index (κ3) is 4.94. The molecule has 2 fully saturated rings. The Labute approximate surface area is 161 Å². The van der Waals surface area contributed by atoms with Crippen LogP contribution in [0.2, 0.25) is 0 Å². The first kappa shape index (κ1) is 18.6. The van der Waals surface area contributed by atoms with E-state index in [1.54, 1.807) is 5.01 Å². The van der Waals surface area contributed by atoms with Crippen molar-refractivity contribution in [3.8, 4) is 0 Å². The van der Waals surface area contributed by atoms with Gasteiger partial charge in [-0.15, -0.1) is 0 Å². The van der Waals surface area contributed by atoms with Crippen LogP contribution in [0.25, 0.3) is 0 Å². The average molecular weight is 371 g/mol. The molecule has 4 rings (SSSR count). The highest BCUT2D eigenvalue weighted by Crippen LogP contribution is 2.18. The van der Waals surface area contributed by atoms with Crippen LogP contribution in [-0.2, 0) is 14.3 Å². The average Bonchev–Trinajstić information content (AvgIpc) is 3.45. The van der Waals surface area contributed by atoms with Gasteiger partial charge in [0.25, 0.3) is 5.91 Å². The quantitative estimate of drug-likeness (QED) is 0.738. The van der Waals surface area contributed by atoms with Gasteiger partial charge in [-0.3, -0.25) is 9.69 Å². The topological polar surface area (TPSA) is 54.4 Å². The van der Waals surface area contributed by atoms with E-state index in [0.717, 1.165) is 69.7 Å². The Kier molecular flexibility index (Phi) is 6.17. The minimum Gasteiger partial charge on any atom is -0.377 e. The number of carbonyl (C=O) groups is 1. The fourth-order valence-corrected chi connectivity index (χ4v) is 4.10. The highest BCUT2D eigenvalue weighted by atomic mass is 16.5. The van der Waals surface area contributed by atoms with Crippen molar-refractivity contribution >= 4 is 11.6 Å². The van der Waals surface area contributed by atoms with Crippen LogP contribution in [0.15, 0.2) is 35.4 Å². The molecule has 0 radical (unpaired) electrons. The summed E-state index contributed by atoms with van der Waals surface area (Å²) in [4.78, 5) is 15.1. The zero-order valence-corrected chi connectivity index (χ0v) is 15.9. The summed E-state index contributed by atoms with van der Waals surface area (Å²) in [5, 5.41) is 6.23. The molecule has 146 valence electrons. The predicted octanol–water partition coefficient (Wildman–Crippen LogP) is 2.28. The highest BCUT2D eigenvalue weighted by Gasteiger charge is 2.28. The zero-order chi connectivity index (χ0) is 18.5. The lowest BCUT2D eigenvalue weighted by atomic mass is 10.1. The number of hydrogen-bond acceptors (Lipinski definition) is 5. The molecule has 0 unspecified atom stereocenters. The Balaban J connectivity index is 1.37. The van der Waals surface area contributed by atoms with E-state index in [-0.39, 0.29) is 18.1 Å². The van der Waals surface area contributed by atoms with E-state index in [1.165, 1.54) is 0 Å². The number of nitrogens with zero attached hydrogens (tertiary/aromatic N) is 3. The van der Waals surface area contributed by atoms with Crippen LogP contribution in [0.1, 0.15) is 37.7 Å². The van der Waals surface area contributed by atoms with Crippen LogP contribution in [0.3, 0.4) is 0 Å². The number of hydrogen-bond donors (Lipinski definition) is 0. The summed E-state index contributed by atoms with van der Waals surface area (Å²) in [6, 6.07) is 10.1. The van der Waals surface area contributed by atoms with Crippen LogP contribution in [-0.4, -0.2) is 73.1 Å². The molecule has 0 spiro atoms. The summed E-state index contributed by atoms with van der Waals surface area (Å²) in [7, 11) is 0. The second-order valence-electron chi connectivity index (χ2n) is 7.64. The van der Waals surface area contributed by atoms with Crippen molar-refractivity contribution in [3.63, 3.8) is 0 Å². The Morgan fingerprint density at radius 2 is 1.74 bits per heavy atom. The van der Waals surface area contributed by atoms with Gasteiger partial charge in [-0.2, -0.15) is 5.10 Å². The van der Waals surface area contributed by atoms with Crippen LogP contribution in [0.4, 0.5) is 0 Å². The first-order valence-electron chi connectivity index (χ1n) is 10.2. The van der Waals surface area contributed by atoms with Crippen molar-refractivity contribution in [2.45, 2.75) is 44.3 Å². The molecule has 2 atom stereocenters. The maximum Gasteiger partial charge on any atom is 0.256 e. The molecule has 0 aromatic heterocycles. The molecule has 3 aliphatic rings. The number of benzene rings is 1. The van der Waals surface area contributed by atoms with Gasteiger partial charge in [-0.25, -0.2) is 5.01 Å². The van der Waals surface area contributed by atoms with Crippen LogP contribution >= 0.6 is 0 Å². The van der Waals surface area contributed by atoms with E-state index < -0.39 is 0 Å². The van der Waals surface area contributed by atoms with Gasteiger partial charge in [-0.1, -0.05) is 30.3 Å². The van der Waals surface area contributed by atoms with Gasteiger partial charge in [0.2, 0.25) is 0 Å². The van der Waals surface area contributed by atoms with Gasteiger partial charge in [0, 0.05) is 32.7 Å². The van der Waals surface area contributed by atoms with Crippen LogP contribution in [0.5, 0.6) is 0 Å². The monoisotopic (exact) mass is 371 g/mol. The molecule has 1 aromatic carbocycles. The molecular weight excluding hydrogens is 342 g/mol. The lowest BCUT2D eigenvalue weighted by molar-refractivity contribution is -0.132. The smallest absolute Gasteiger partial charge is 0.256 e. The number of ether oxygens (including phenoxy) is 2. The SMILES string of the molecule is O=C(CN(C[C@H]1CCCO1)C[C@@H]1CCCO1)N1CCC(c2ccccc2)=N1. The van der Waals surface area contributed by atoms with Crippen molar-refractivity contribution in [1.82, 2.24) is 9.91 Å². The largest absolute Gasteiger partial charge is 0.377 e. The fraction of sp³-hybridized carbons (Fsp3) is 0.619. The first-order valence-corrected chi connectivity index (χ1v) is 10.2. The fourth-order valence-electron chi connectivity index (χ4n) is 4.10. The Morgan fingerprint density at radius 3 is 2.33 bits per heavy atom. The molecule has 0 aliphatic carbocycles. The number of amides is 1. The zero-order valence-electron chi connectivity index (χ0n) is 15.9. The van der Waals surface area contributed by atoms with Crippen molar-refractivity contribution in [2.24, 2.45) is 5.10 Å². The van der Waals surface area contributed by atoms with Crippen LogP contribution < -0.4 is 0 Å². The second kappa shape index (κ2) is 8.95.